The molecule has 84 valence electrons. The molecule has 0 aliphatic rings. The normalized spacial score (nSPS) is 10.1. The molecule has 0 rings (SSSR count). The van der Waals surface area contributed by atoms with E-state index in [0.29, 0.717) is 6.61 Å². The Morgan fingerprint density at radius 3 is 1.71 bits per heavy atom. The fraction of sp³-hybridized carbons (Fsp3) is 1.00. The Hall–Kier alpha value is 0.830. The summed E-state index contributed by atoms with van der Waals surface area (Å²) in [5, 5.41) is 8.38. The van der Waals surface area contributed by atoms with Gasteiger partial charge in [-0.05, 0) is 12.3 Å². The molecule has 0 spiro atoms. The zero-order chi connectivity index (χ0) is 10.9. The van der Waals surface area contributed by atoms with Crippen LogP contribution in [0.4, 0.5) is 0 Å². The van der Waals surface area contributed by atoms with E-state index in [1.165, 1.54) is 12.8 Å². The number of aliphatic hydroxyl groups is 1. The predicted molar refractivity (Wildman–Crippen MR) is 57.1 cm³/mol. The Balaban J connectivity index is -0.000000177. The van der Waals surface area contributed by atoms with Gasteiger partial charge in [0.1, 0.15) is 0 Å². The summed E-state index contributed by atoms with van der Waals surface area (Å²) in [7, 11) is -4.67. The summed E-state index contributed by atoms with van der Waals surface area (Å²) in [5.41, 5.74) is 0. The van der Waals surface area contributed by atoms with Crippen LogP contribution >= 0.6 is 0 Å². The van der Waals surface area contributed by atoms with Crippen molar-refractivity contribution in [2.75, 3.05) is 6.61 Å². The van der Waals surface area contributed by atoms with Crippen LogP contribution in [0.5, 0.6) is 0 Å². The maximum atomic E-state index is 8.74. The van der Waals surface area contributed by atoms with E-state index in [-0.39, 0.29) is 29.6 Å². The average molecular weight is 238 g/mol. The van der Waals surface area contributed by atoms with Crippen molar-refractivity contribution in [1.82, 2.24) is 0 Å². The van der Waals surface area contributed by atoms with Gasteiger partial charge < -0.3 is 5.11 Å². The second kappa shape index (κ2) is 11.9. The third kappa shape index (κ3) is 52.8. The Kier molecular flexibility index (Phi) is 17.2. The number of hydrogen-bond donors (Lipinski definition) is 3. The van der Waals surface area contributed by atoms with E-state index in [1.807, 2.05) is 0 Å². The van der Waals surface area contributed by atoms with E-state index >= 15 is 0 Å². The Morgan fingerprint density at radius 2 is 1.50 bits per heavy atom. The van der Waals surface area contributed by atoms with Gasteiger partial charge in [-0.15, -0.1) is 0 Å². The molecule has 14 heavy (non-hydrogen) atoms. The molecule has 0 aromatic heterocycles. The standard InChI is InChI=1S/C7H16O.Na.H2O4S.H/c1-7(2)5-3-4-6-8;;1-5(2,3)4;/h7-8H,3-6H2,1-2H3;;(H2,1,2,3,4);. The second-order valence-electron chi connectivity index (χ2n) is 3.06. The molecule has 5 nitrogen and oxygen atoms in total. The third-order valence-corrected chi connectivity index (χ3v) is 1.19. The van der Waals surface area contributed by atoms with Gasteiger partial charge in [0, 0.05) is 6.61 Å². The summed E-state index contributed by atoms with van der Waals surface area (Å²) >= 11 is 0. The Labute approximate surface area is 108 Å². The predicted octanol–water partition coefficient (Wildman–Crippen LogP) is 0.504. The Bertz CT molecular complexity index is 182. The van der Waals surface area contributed by atoms with Crippen LogP contribution in [0.25, 0.3) is 0 Å². The number of aliphatic hydroxyl groups excluding tert-OH is 1. The van der Waals surface area contributed by atoms with Gasteiger partial charge in [0.15, 0.2) is 0 Å². The first-order chi connectivity index (χ1) is 5.77. The minimum absolute atomic E-state index is 0. The number of rotatable bonds is 4. The van der Waals surface area contributed by atoms with E-state index < -0.39 is 10.4 Å². The van der Waals surface area contributed by atoms with Crippen LogP contribution in [-0.2, 0) is 10.4 Å². The molecule has 0 bridgehead atoms. The number of hydrogen-bond acceptors (Lipinski definition) is 3. The first-order valence-electron chi connectivity index (χ1n) is 4.08. The molecule has 0 fully saturated rings. The van der Waals surface area contributed by atoms with Crippen molar-refractivity contribution >= 4 is 40.0 Å². The van der Waals surface area contributed by atoms with E-state index in [0.717, 1.165) is 12.3 Å². The van der Waals surface area contributed by atoms with E-state index in [9.17, 15) is 0 Å². The zero-order valence-corrected chi connectivity index (χ0v) is 8.79. The van der Waals surface area contributed by atoms with Crippen LogP contribution in [0.3, 0.4) is 0 Å². The molecule has 0 amide bonds. The van der Waals surface area contributed by atoms with Gasteiger partial charge in [-0.2, -0.15) is 8.42 Å². The minimum atomic E-state index is -4.67. The molecule has 0 aliphatic heterocycles. The molecular formula is C7H19NaO5S. The van der Waals surface area contributed by atoms with Crippen LogP contribution in [0.2, 0.25) is 0 Å². The van der Waals surface area contributed by atoms with Crippen molar-refractivity contribution in [2.24, 2.45) is 5.92 Å². The summed E-state index contributed by atoms with van der Waals surface area (Å²) < 4.78 is 31.6. The van der Waals surface area contributed by atoms with Gasteiger partial charge in [-0.1, -0.05) is 26.7 Å². The quantitative estimate of drug-likeness (QED) is 0.377. The number of unbranched alkanes of at least 4 members (excludes halogenated alkanes) is 1. The van der Waals surface area contributed by atoms with Gasteiger partial charge in [0.05, 0.1) is 0 Å². The summed E-state index contributed by atoms with van der Waals surface area (Å²) in [6.07, 6.45) is 3.40. The van der Waals surface area contributed by atoms with Crippen LogP contribution in [0, 0.1) is 5.92 Å². The first-order valence-corrected chi connectivity index (χ1v) is 5.47. The average Bonchev–Trinajstić information content (AvgIpc) is 1.83. The summed E-state index contributed by atoms with van der Waals surface area (Å²) in [6.45, 7) is 4.77. The van der Waals surface area contributed by atoms with Crippen molar-refractivity contribution in [1.29, 1.82) is 0 Å². The molecule has 3 N–H and O–H groups in total. The van der Waals surface area contributed by atoms with Gasteiger partial charge in [-0.25, -0.2) is 0 Å². The van der Waals surface area contributed by atoms with Crippen LogP contribution < -0.4 is 0 Å². The molecule has 0 aliphatic carbocycles. The van der Waals surface area contributed by atoms with Gasteiger partial charge >= 0.3 is 40.0 Å². The molecule has 0 saturated carbocycles. The van der Waals surface area contributed by atoms with Crippen molar-refractivity contribution in [3.63, 3.8) is 0 Å². The molecule has 0 aromatic rings. The maximum absolute atomic E-state index is 8.74. The SMILES string of the molecule is CC(C)CCCCO.O=S(=O)(O)O.[NaH]. The van der Waals surface area contributed by atoms with Crippen molar-refractivity contribution in [3.05, 3.63) is 0 Å². The molecule has 0 saturated heterocycles. The van der Waals surface area contributed by atoms with E-state index in [2.05, 4.69) is 13.8 Å². The van der Waals surface area contributed by atoms with Crippen molar-refractivity contribution < 1.29 is 22.6 Å². The molecule has 0 radical (unpaired) electrons. The van der Waals surface area contributed by atoms with Crippen molar-refractivity contribution in [3.8, 4) is 0 Å². The molecule has 0 atom stereocenters. The van der Waals surface area contributed by atoms with Crippen molar-refractivity contribution in [2.45, 2.75) is 33.1 Å². The fourth-order valence-electron chi connectivity index (χ4n) is 0.664. The molecule has 7 heteroatoms. The van der Waals surface area contributed by atoms with Gasteiger partial charge in [0.25, 0.3) is 0 Å². The first kappa shape index (κ1) is 20.3. The van der Waals surface area contributed by atoms with Gasteiger partial charge in [0.2, 0.25) is 0 Å². The molecular weight excluding hydrogens is 219 g/mol. The van der Waals surface area contributed by atoms with Crippen LogP contribution in [0.1, 0.15) is 33.1 Å². The monoisotopic (exact) mass is 238 g/mol. The summed E-state index contributed by atoms with van der Waals surface area (Å²) in [5.74, 6) is 0.793. The second-order valence-corrected chi connectivity index (χ2v) is 3.96. The zero-order valence-electron chi connectivity index (χ0n) is 7.97. The van der Waals surface area contributed by atoms with Gasteiger partial charge in [-0.3, -0.25) is 9.11 Å². The molecule has 0 aromatic carbocycles. The summed E-state index contributed by atoms with van der Waals surface area (Å²) in [4.78, 5) is 0. The van der Waals surface area contributed by atoms with Crippen LogP contribution in [0.15, 0.2) is 0 Å². The topological polar surface area (TPSA) is 94.8 Å². The van der Waals surface area contributed by atoms with E-state index in [1.54, 1.807) is 0 Å². The van der Waals surface area contributed by atoms with Crippen LogP contribution in [-0.4, -0.2) is 58.8 Å². The van der Waals surface area contributed by atoms with E-state index in [4.69, 9.17) is 22.6 Å². The Morgan fingerprint density at radius 1 is 1.14 bits per heavy atom. The molecule has 0 heterocycles. The fourth-order valence-corrected chi connectivity index (χ4v) is 0.664. The third-order valence-electron chi connectivity index (χ3n) is 1.19. The molecule has 0 unspecified atom stereocenters. The summed E-state index contributed by atoms with van der Waals surface area (Å²) in [6, 6.07) is 0.